The molecule has 3 aromatic carbocycles. The zero-order chi connectivity index (χ0) is 30.0. The fourth-order valence-electron chi connectivity index (χ4n) is 5.99. The summed E-state index contributed by atoms with van der Waals surface area (Å²) in [5.41, 5.74) is 4.44. The van der Waals surface area contributed by atoms with Crippen LogP contribution in [0.2, 0.25) is 0 Å². The normalized spacial score (nSPS) is 19.0. The van der Waals surface area contributed by atoms with Crippen LogP contribution in [0.1, 0.15) is 59.8 Å². The molecule has 218 valence electrons. The van der Waals surface area contributed by atoms with Crippen LogP contribution in [0.4, 0.5) is 0 Å². The molecule has 3 atom stereocenters. The number of carbonyl (C=O) groups excluding carboxylic acids is 4. The van der Waals surface area contributed by atoms with Crippen LogP contribution in [0.3, 0.4) is 0 Å². The van der Waals surface area contributed by atoms with E-state index in [4.69, 9.17) is 0 Å². The number of aryl methyl sites for hydroxylation is 1. The second-order valence-electron chi connectivity index (χ2n) is 12.5. The van der Waals surface area contributed by atoms with Crippen LogP contribution >= 0.6 is 0 Å². The summed E-state index contributed by atoms with van der Waals surface area (Å²) in [6, 6.07) is 22.9. The van der Waals surface area contributed by atoms with Crippen molar-refractivity contribution in [3.8, 4) is 0 Å². The number of likely N-dealkylation sites (tertiary alicyclic amines) is 2. The highest BCUT2D eigenvalue weighted by molar-refractivity contribution is 6.01. The Kier molecular flexibility index (Phi) is 8.30. The minimum Gasteiger partial charge on any atom is -0.340 e. The van der Waals surface area contributed by atoms with Gasteiger partial charge in [0.1, 0.15) is 12.1 Å². The van der Waals surface area contributed by atoms with Gasteiger partial charge in [-0.05, 0) is 47.6 Å². The van der Waals surface area contributed by atoms with Crippen LogP contribution in [0, 0.1) is 6.92 Å². The predicted octanol–water partition coefficient (Wildman–Crippen LogP) is 4.26. The van der Waals surface area contributed by atoms with Gasteiger partial charge < -0.3 is 15.1 Å². The smallest absolute Gasteiger partial charge is 0.251 e. The summed E-state index contributed by atoms with van der Waals surface area (Å²) in [7, 11) is 0. The molecular formula is C35H39N3O4. The van der Waals surface area contributed by atoms with Gasteiger partial charge >= 0.3 is 0 Å². The van der Waals surface area contributed by atoms with Crippen LogP contribution in [-0.4, -0.2) is 64.5 Å². The van der Waals surface area contributed by atoms with E-state index >= 15 is 0 Å². The van der Waals surface area contributed by atoms with Crippen LogP contribution in [0.5, 0.6) is 0 Å². The van der Waals surface area contributed by atoms with Crippen molar-refractivity contribution in [2.24, 2.45) is 0 Å². The lowest BCUT2D eigenvalue weighted by atomic mass is 9.86. The number of carbonyl (C=O) groups is 4. The van der Waals surface area contributed by atoms with E-state index in [1.165, 1.54) is 0 Å². The van der Waals surface area contributed by atoms with E-state index in [-0.39, 0.29) is 47.9 Å². The van der Waals surface area contributed by atoms with Crippen molar-refractivity contribution in [2.75, 3.05) is 13.1 Å². The van der Waals surface area contributed by atoms with E-state index in [9.17, 15) is 19.2 Å². The van der Waals surface area contributed by atoms with E-state index in [0.29, 0.717) is 24.9 Å². The lowest BCUT2D eigenvalue weighted by molar-refractivity contribution is -0.138. The molecule has 1 unspecified atom stereocenters. The third kappa shape index (κ3) is 6.30. The number of ketones is 1. The molecule has 3 amide bonds. The molecule has 2 fully saturated rings. The fourth-order valence-corrected chi connectivity index (χ4v) is 5.99. The van der Waals surface area contributed by atoms with Gasteiger partial charge in [0.15, 0.2) is 5.78 Å². The monoisotopic (exact) mass is 565 g/mol. The zero-order valence-electron chi connectivity index (χ0n) is 24.8. The maximum absolute atomic E-state index is 14.1. The zero-order valence-corrected chi connectivity index (χ0v) is 24.8. The number of hydrogen-bond donors (Lipinski definition) is 1. The molecule has 0 radical (unpaired) electrons. The molecule has 0 aliphatic carbocycles. The Hall–Kier alpha value is -4.26. The van der Waals surface area contributed by atoms with E-state index < -0.39 is 12.1 Å². The lowest BCUT2D eigenvalue weighted by Gasteiger charge is -2.28. The first-order chi connectivity index (χ1) is 20.0. The molecule has 2 saturated heterocycles. The SMILES string of the molecule is Cc1ccc(CC(NC(=O)c2ccc(C(C)(C)C)cc2)C(=O)N2CC[C@@H]3[C@H]2C(=O)CN3C(=O)Cc2ccccc2)cc1. The Bertz CT molecular complexity index is 1460. The van der Waals surface area contributed by atoms with Gasteiger partial charge in [0.05, 0.1) is 19.0 Å². The minimum atomic E-state index is -0.858. The summed E-state index contributed by atoms with van der Waals surface area (Å²) in [4.78, 5) is 57.1. The summed E-state index contributed by atoms with van der Waals surface area (Å²) >= 11 is 0. The quantitative estimate of drug-likeness (QED) is 0.464. The number of hydrogen-bond acceptors (Lipinski definition) is 4. The van der Waals surface area contributed by atoms with E-state index in [1.54, 1.807) is 21.9 Å². The Morgan fingerprint density at radius 3 is 2.19 bits per heavy atom. The molecule has 0 aromatic heterocycles. The van der Waals surface area contributed by atoms with Gasteiger partial charge in [-0.25, -0.2) is 0 Å². The Morgan fingerprint density at radius 2 is 1.55 bits per heavy atom. The van der Waals surface area contributed by atoms with Gasteiger partial charge in [-0.15, -0.1) is 0 Å². The van der Waals surface area contributed by atoms with E-state index in [2.05, 4.69) is 26.1 Å². The second-order valence-corrected chi connectivity index (χ2v) is 12.5. The highest BCUT2D eigenvalue weighted by atomic mass is 16.2. The molecule has 0 saturated carbocycles. The first-order valence-corrected chi connectivity index (χ1v) is 14.6. The Morgan fingerprint density at radius 1 is 0.881 bits per heavy atom. The van der Waals surface area contributed by atoms with Crippen molar-refractivity contribution >= 4 is 23.5 Å². The number of fused-ring (bicyclic) bond motifs is 1. The number of benzene rings is 3. The number of amides is 3. The first-order valence-electron chi connectivity index (χ1n) is 14.6. The third-order valence-corrected chi connectivity index (χ3v) is 8.40. The van der Waals surface area contributed by atoms with Gasteiger partial charge in [0.2, 0.25) is 11.8 Å². The van der Waals surface area contributed by atoms with Gasteiger partial charge in [-0.1, -0.05) is 93.1 Å². The van der Waals surface area contributed by atoms with Gasteiger partial charge in [0.25, 0.3) is 5.91 Å². The molecule has 2 aliphatic rings. The highest BCUT2D eigenvalue weighted by Crippen LogP contribution is 2.31. The number of nitrogens with one attached hydrogen (secondary N) is 1. The number of rotatable bonds is 7. The maximum atomic E-state index is 14.1. The standard InChI is InChI=1S/C35H39N3O4/c1-23-10-12-25(13-11-23)20-28(36-33(41)26-14-16-27(17-15-26)35(2,3)4)34(42)37-19-18-29-32(37)30(39)22-38(29)31(40)21-24-8-6-5-7-9-24/h5-17,28-29,32H,18-22H2,1-4H3,(H,36,41)/t28?,29-,32+/m1/s1. The van der Waals surface area contributed by atoms with Crippen LogP contribution in [0.15, 0.2) is 78.9 Å². The molecule has 2 heterocycles. The summed E-state index contributed by atoms with van der Waals surface area (Å²) in [6.45, 7) is 8.69. The van der Waals surface area contributed by atoms with Crippen molar-refractivity contribution < 1.29 is 19.2 Å². The van der Waals surface area contributed by atoms with Crippen molar-refractivity contribution in [1.29, 1.82) is 0 Å². The van der Waals surface area contributed by atoms with E-state index in [0.717, 1.165) is 22.3 Å². The minimum absolute atomic E-state index is 0.000105. The summed E-state index contributed by atoms with van der Waals surface area (Å²) in [5, 5.41) is 2.97. The van der Waals surface area contributed by atoms with Crippen molar-refractivity contribution in [2.45, 2.75) is 70.5 Å². The van der Waals surface area contributed by atoms with Crippen molar-refractivity contribution in [1.82, 2.24) is 15.1 Å². The molecule has 0 spiro atoms. The van der Waals surface area contributed by atoms with E-state index in [1.807, 2.05) is 73.7 Å². The van der Waals surface area contributed by atoms with Crippen LogP contribution in [0.25, 0.3) is 0 Å². The molecular weight excluding hydrogens is 526 g/mol. The largest absolute Gasteiger partial charge is 0.340 e. The summed E-state index contributed by atoms with van der Waals surface area (Å²) in [5.74, 6) is -0.882. The first kappa shape index (κ1) is 29.2. The average molecular weight is 566 g/mol. The van der Waals surface area contributed by atoms with Gasteiger partial charge in [-0.2, -0.15) is 0 Å². The number of Topliss-reactive ketones (excluding diaryl/α,β-unsaturated/α-hetero) is 1. The number of nitrogens with zero attached hydrogens (tertiary/aromatic N) is 2. The maximum Gasteiger partial charge on any atom is 0.251 e. The lowest BCUT2D eigenvalue weighted by Crippen LogP contribution is -2.53. The van der Waals surface area contributed by atoms with Gasteiger partial charge in [0, 0.05) is 18.5 Å². The molecule has 7 heteroatoms. The topological polar surface area (TPSA) is 86.8 Å². The molecule has 5 rings (SSSR count). The van der Waals surface area contributed by atoms with Gasteiger partial charge in [-0.3, -0.25) is 19.2 Å². The summed E-state index contributed by atoms with van der Waals surface area (Å²) < 4.78 is 0. The van der Waals surface area contributed by atoms with Crippen molar-refractivity contribution in [3.63, 3.8) is 0 Å². The molecule has 0 bridgehead atoms. The molecule has 1 N–H and O–H groups in total. The molecule has 7 nitrogen and oxygen atoms in total. The van der Waals surface area contributed by atoms with Crippen LogP contribution < -0.4 is 5.32 Å². The Labute approximate surface area is 247 Å². The average Bonchev–Trinajstić information content (AvgIpc) is 3.55. The Balaban J connectivity index is 1.34. The fraction of sp³-hybridized carbons (Fsp3) is 0.371. The van der Waals surface area contributed by atoms with Crippen LogP contribution in [-0.2, 0) is 32.6 Å². The van der Waals surface area contributed by atoms with Crippen molar-refractivity contribution in [3.05, 3.63) is 107 Å². The highest BCUT2D eigenvalue weighted by Gasteiger charge is 2.52. The molecule has 42 heavy (non-hydrogen) atoms. The predicted molar refractivity (Wildman–Crippen MR) is 162 cm³/mol. The third-order valence-electron chi connectivity index (χ3n) is 8.40. The molecule has 3 aromatic rings. The second kappa shape index (κ2) is 11.9. The summed E-state index contributed by atoms with van der Waals surface area (Å²) in [6.07, 6.45) is 1.04. The molecule has 2 aliphatic heterocycles.